The van der Waals surface area contributed by atoms with Gasteiger partial charge < -0.3 is 16.0 Å². The fourth-order valence-electron chi connectivity index (χ4n) is 2.32. The highest BCUT2D eigenvalue weighted by Gasteiger charge is 2.22. The molecule has 1 atom stereocenters. The maximum absolute atomic E-state index is 12.1. The number of carbonyl (C=O) groups excluding carboxylic acids is 1. The first-order valence-electron chi connectivity index (χ1n) is 6.69. The molecule has 20 heavy (non-hydrogen) atoms. The first-order chi connectivity index (χ1) is 9.47. The number of likely N-dealkylation sites (N-methyl/N-ethyl adjacent to an activating group) is 2. The Kier molecular flexibility index (Phi) is 4.86. The maximum atomic E-state index is 12.1. The van der Waals surface area contributed by atoms with Crippen LogP contribution in [-0.4, -0.2) is 62.0 Å². The Morgan fingerprint density at radius 2 is 2.20 bits per heavy atom. The average Bonchev–Trinajstić information content (AvgIpc) is 2.42. The molecule has 110 valence electrons. The van der Waals surface area contributed by atoms with E-state index in [1.807, 2.05) is 0 Å². The third kappa shape index (κ3) is 3.62. The van der Waals surface area contributed by atoms with E-state index in [9.17, 15) is 4.79 Å². The number of anilines is 1. The van der Waals surface area contributed by atoms with E-state index in [-0.39, 0.29) is 5.91 Å². The molecule has 0 bridgehead atoms. The van der Waals surface area contributed by atoms with Gasteiger partial charge in [-0.05, 0) is 32.3 Å². The minimum Gasteiger partial charge on any atom is -0.398 e. The average molecular weight is 297 g/mol. The van der Waals surface area contributed by atoms with Crippen molar-refractivity contribution >= 4 is 23.2 Å². The topological polar surface area (TPSA) is 61.6 Å². The molecule has 0 spiro atoms. The van der Waals surface area contributed by atoms with Gasteiger partial charge in [-0.2, -0.15) is 0 Å². The lowest BCUT2D eigenvalue weighted by molar-refractivity contribution is 0.0881. The van der Waals surface area contributed by atoms with Crippen molar-refractivity contribution in [2.75, 3.05) is 46.0 Å². The second kappa shape index (κ2) is 6.43. The number of nitrogens with zero attached hydrogens (tertiary/aromatic N) is 2. The van der Waals surface area contributed by atoms with Crippen molar-refractivity contribution in [3.8, 4) is 0 Å². The van der Waals surface area contributed by atoms with E-state index in [0.29, 0.717) is 28.9 Å². The highest BCUT2D eigenvalue weighted by molar-refractivity contribution is 6.33. The van der Waals surface area contributed by atoms with Crippen LogP contribution in [0.5, 0.6) is 0 Å². The van der Waals surface area contributed by atoms with Gasteiger partial charge in [0.15, 0.2) is 0 Å². The number of amides is 1. The third-order valence-corrected chi connectivity index (χ3v) is 4.08. The molecule has 5 nitrogen and oxygen atoms in total. The van der Waals surface area contributed by atoms with Gasteiger partial charge >= 0.3 is 0 Å². The molecule has 0 radical (unpaired) electrons. The highest BCUT2D eigenvalue weighted by Crippen LogP contribution is 2.19. The monoisotopic (exact) mass is 296 g/mol. The molecule has 1 unspecified atom stereocenters. The van der Waals surface area contributed by atoms with Crippen LogP contribution in [-0.2, 0) is 0 Å². The van der Waals surface area contributed by atoms with E-state index in [0.717, 1.165) is 19.6 Å². The van der Waals surface area contributed by atoms with Crippen LogP contribution in [0.15, 0.2) is 18.2 Å². The molecule has 1 fully saturated rings. The second-order valence-corrected chi connectivity index (χ2v) is 5.75. The predicted octanol–water partition coefficient (Wildman–Crippen LogP) is 0.898. The Morgan fingerprint density at radius 1 is 1.45 bits per heavy atom. The summed E-state index contributed by atoms with van der Waals surface area (Å²) in [6, 6.07) is 5.27. The van der Waals surface area contributed by atoms with Crippen molar-refractivity contribution in [2.45, 2.75) is 6.04 Å². The summed E-state index contributed by atoms with van der Waals surface area (Å²) >= 11 is 5.85. The smallest absolute Gasteiger partial charge is 0.251 e. The van der Waals surface area contributed by atoms with Crippen LogP contribution in [0.4, 0.5) is 5.69 Å². The van der Waals surface area contributed by atoms with Gasteiger partial charge in [-0.25, -0.2) is 0 Å². The van der Waals surface area contributed by atoms with Crippen LogP contribution in [0.1, 0.15) is 10.4 Å². The van der Waals surface area contributed by atoms with Crippen molar-refractivity contribution in [2.24, 2.45) is 0 Å². The Bertz CT molecular complexity index is 494. The molecule has 0 saturated carbocycles. The van der Waals surface area contributed by atoms with Crippen molar-refractivity contribution < 1.29 is 4.79 Å². The molecule has 3 N–H and O–H groups in total. The van der Waals surface area contributed by atoms with Crippen LogP contribution in [0, 0.1) is 0 Å². The number of halogens is 1. The lowest BCUT2D eigenvalue weighted by Crippen LogP contribution is -2.54. The zero-order chi connectivity index (χ0) is 14.7. The van der Waals surface area contributed by atoms with Crippen molar-refractivity contribution in [3.05, 3.63) is 28.8 Å². The Hall–Kier alpha value is -1.30. The molecule has 6 heteroatoms. The van der Waals surface area contributed by atoms with Crippen LogP contribution in [0.2, 0.25) is 5.02 Å². The van der Waals surface area contributed by atoms with Gasteiger partial charge in [0.2, 0.25) is 0 Å². The van der Waals surface area contributed by atoms with Crippen LogP contribution < -0.4 is 11.1 Å². The molecule has 1 aliphatic rings. The lowest BCUT2D eigenvalue weighted by atomic mass is 10.1. The lowest BCUT2D eigenvalue weighted by Gasteiger charge is -2.37. The fourth-order valence-corrected chi connectivity index (χ4v) is 2.44. The molecule has 2 rings (SSSR count). The first-order valence-corrected chi connectivity index (χ1v) is 7.07. The third-order valence-electron chi connectivity index (χ3n) is 3.74. The summed E-state index contributed by atoms with van der Waals surface area (Å²) in [4.78, 5) is 16.6. The number of rotatable bonds is 3. The van der Waals surface area contributed by atoms with E-state index in [1.54, 1.807) is 18.2 Å². The molecule has 1 amide bonds. The molecular formula is C14H21ClN4O. The molecule has 0 aliphatic carbocycles. The standard InChI is InChI=1S/C14H21ClN4O/c1-18-5-6-19(2)11(9-18)8-17-14(20)10-3-4-12(15)13(16)7-10/h3-4,7,11H,5-6,8-9,16H2,1-2H3,(H,17,20). The zero-order valence-corrected chi connectivity index (χ0v) is 12.7. The van der Waals surface area contributed by atoms with Gasteiger partial charge in [0.25, 0.3) is 5.91 Å². The van der Waals surface area contributed by atoms with Crippen molar-refractivity contribution in [1.82, 2.24) is 15.1 Å². The molecule has 1 aromatic carbocycles. The first kappa shape index (κ1) is 15.1. The van der Waals surface area contributed by atoms with Crippen LogP contribution >= 0.6 is 11.6 Å². The summed E-state index contributed by atoms with van der Waals surface area (Å²) in [5, 5.41) is 3.43. The van der Waals surface area contributed by atoms with E-state index in [4.69, 9.17) is 17.3 Å². The summed E-state index contributed by atoms with van der Waals surface area (Å²) in [6.45, 7) is 3.67. The quantitative estimate of drug-likeness (QED) is 0.814. The normalized spacial score (nSPS) is 20.9. The van der Waals surface area contributed by atoms with Crippen molar-refractivity contribution in [3.63, 3.8) is 0 Å². The van der Waals surface area contributed by atoms with Crippen LogP contribution in [0.25, 0.3) is 0 Å². The highest BCUT2D eigenvalue weighted by atomic mass is 35.5. The largest absolute Gasteiger partial charge is 0.398 e. The number of nitrogens with two attached hydrogens (primary N) is 1. The molecule has 0 aromatic heterocycles. The molecule has 1 heterocycles. The second-order valence-electron chi connectivity index (χ2n) is 5.34. The fraction of sp³-hybridized carbons (Fsp3) is 0.500. The number of hydrogen-bond donors (Lipinski definition) is 2. The molecule has 1 aliphatic heterocycles. The maximum Gasteiger partial charge on any atom is 0.251 e. The van der Waals surface area contributed by atoms with Crippen LogP contribution in [0.3, 0.4) is 0 Å². The van der Waals surface area contributed by atoms with Crippen molar-refractivity contribution in [1.29, 1.82) is 0 Å². The summed E-state index contributed by atoms with van der Waals surface area (Å²) in [6.07, 6.45) is 0. The summed E-state index contributed by atoms with van der Waals surface area (Å²) < 4.78 is 0. The van der Waals surface area contributed by atoms with Gasteiger partial charge in [0.05, 0.1) is 10.7 Å². The Morgan fingerprint density at radius 3 is 2.90 bits per heavy atom. The summed E-state index contributed by atoms with van der Waals surface area (Å²) in [5.41, 5.74) is 6.68. The SMILES string of the molecule is CN1CCN(C)C(CNC(=O)c2ccc(Cl)c(N)c2)C1. The molecule has 1 saturated heterocycles. The number of nitrogens with one attached hydrogen (secondary N) is 1. The van der Waals surface area contributed by atoms with E-state index in [1.165, 1.54) is 0 Å². The zero-order valence-electron chi connectivity index (χ0n) is 11.9. The van der Waals surface area contributed by atoms with E-state index in [2.05, 4.69) is 29.2 Å². The summed E-state index contributed by atoms with van der Waals surface area (Å²) in [5.74, 6) is -0.116. The minimum atomic E-state index is -0.116. The summed E-state index contributed by atoms with van der Waals surface area (Å²) in [7, 11) is 4.19. The van der Waals surface area contributed by atoms with Gasteiger partial charge in [-0.1, -0.05) is 11.6 Å². The number of benzene rings is 1. The number of hydrogen-bond acceptors (Lipinski definition) is 4. The molecular weight excluding hydrogens is 276 g/mol. The van der Waals surface area contributed by atoms with E-state index >= 15 is 0 Å². The van der Waals surface area contributed by atoms with Gasteiger partial charge in [0, 0.05) is 37.8 Å². The van der Waals surface area contributed by atoms with Gasteiger partial charge in [-0.3, -0.25) is 9.69 Å². The van der Waals surface area contributed by atoms with E-state index < -0.39 is 0 Å². The predicted molar refractivity (Wildman–Crippen MR) is 82.1 cm³/mol. The Balaban J connectivity index is 1.92. The number of nitrogen functional groups attached to an aromatic ring is 1. The Labute approximate surface area is 124 Å². The van der Waals surface area contributed by atoms with Gasteiger partial charge in [0.1, 0.15) is 0 Å². The van der Waals surface area contributed by atoms with Gasteiger partial charge in [-0.15, -0.1) is 0 Å². The number of carbonyl (C=O) groups is 1. The molecule has 1 aromatic rings. The number of piperazine rings is 1. The minimum absolute atomic E-state index is 0.116.